The number of ether oxygens (including phenoxy) is 1. The van der Waals surface area contributed by atoms with Gasteiger partial charge in [-0.1, -0.05) is 23.8 Å². The van der Waals surface area contributed by atoms with Crippen molar-refractivity contribution in [2.75, 3.05) is 6.61 Å². The first-order valence-electron chi connectivity index (χ1n) is 4.17. The molecule has 0 spiro atoms. The third-order valence-corrected chi connectivity index (χ3v) is 1.91. The van der Waals surface area contributed by atoms with Gasteiger partial charge in [0.05, 0.1) is 6.61 Å². The van der Waals surface area contributed by atoms with Crippen LogP contribution in [0, 0.1) is 20.8 Å². The normalized spacial score (nSPS) is 10.2. The van der Waals surface area contributed by atoms with Crippen LogP contribution in [0.3, 0.4) is 0 Å². The van der Waals surface area contributed by atoms with Crippen LogP contribution in [0.5, 0.6) is 0 Å². The highest BCUT2D eigenvalue weighted by atomic mass is 16.5. The second kappa shape index (κ2) is 4.27. The van der Waals surface area contributed by atoms with Crippen molar-refractivity contribution in [2.45, 2.75) is 20.5 Å². The first-order valence-corrected chi connectivity index (χ1v) is 4.17. The van der Waals surface area contributed by atoms with E-state index in [9.17, 15) is 0 Å². The molecule has 1 rings (SSSR count). The summed E-state index contributed by atoms with van der Waals surface area (Å²) in [6, 6.07) is 6.39. The van der Waals surface area contributed by atoms with Crippen molar-refractivity contribution in [3.05, 3.63) is 41.8 Å². The van der Waals surface area contributed by atoms with Gasteiger partial charge in [0, 0.05) is 6.61 Å². The van der Waals surface area contributed by atoms with Crippen LogP contribution in [-0.4, -0.2) is 6.61 Å². The van der Waals surface area contributed by atoms with Gasteiger partial charge in [-0.3, -0.25) is 0 Å². The molecule has 0 saturated carbocycles. The summed E-state index contributed by atoms with van der Waals surface area (Å²) in [7, 11) is 0. The minimum Gasteiger partial charge on any atom is -0.377 e. The molecule has 0 N–H and O–H groups in total. The van der Waals surface area contributed by atoms with Gasteiger partial charge in [0.1, 0.15) is 0 Å². The maximum Gasteiger partial charge on any atom is 0.0719 e. The van der Waals surface area contributed by atoms with Crippen LogP contribution in [0.1, 0.15) is 16.7 Å². The highest BCUT2D eigenvalue weighted by Crippen LogP contribution is 2.11. The van der Waals surface area contributed by atoms with Gasteiger partial charge in [-0.25, -0.2) is 0 Å². The molecule has 0 aromatic heterocycles. The summed E-state index contributed by atoms with van der Waals surface area (Å²) in [4.78, 5) is 0. The lowest BCUT2D eigenvalue weighted by molar-refractivity contribution is 0.147. The Morgan fingerprint density at radius 2 is 2.08 bits per heavy atom. The van der Waals surface area contributed by atoms with E-state index in [-0.39, 0.29) is 0 Å². The van der Waals surface area contributed by atoms with Gasteiger partial charge in [0.25, 0.3) is 0 Å². The molecular formula is C11H15O. The fourth-order valence-corrected chi connectivity index (χ4v) is 1.14. The van der Waals surface area contributed by atoms with Gasteiger partial charge < -0.3 is 4.74 Å². The topological polar surface area (TPSA) is 9.23 Å². The van der Waals surface area contributed by atoms with E-state index in [4.69, 9.17) is 4.74 Å². The molecule has 0 atom stereocenters. The third kappa shape index (κ3) is 2.35. The Bertz CT molecular complexity index is 253. The van der Waals surface area contributed by atoms with Crippen molar-refractivity contribution < 1.29 is 4.74 Å². The standard InChI is InChI=1S/C11H15O/c1-4-12-8-11-7-9(2)5-6-10(11)3/h5-7H,1,4,8H2,2-3H3. The number of hydrogen-bond acceptors (Lipinski definition) is 1. The quantitative estimate of drug-likeness (QED) is 0.665. The van der Waals surface area contributed by atoms with Crippen molar-refractivity contribution in [2.24, 2.45) is 0 Å². The van der Waals surface area contributed by atoms with Gasteiger partial charge in [-0.2, -0.15) is 0 Å². The Labute approximate surface area is 74.4 Å². The van der Waals surface area contributed by atoms with E-state index in [1.54, 1.807) is 0 Å². The van der Waals surface area contributed by atoms with E-state index in [1.807, 2.05) is 0 Å². The Hall–Kier alpha value is -0.820. The Morgan fingerprint density at radius 3 is 2.75 bits per heavy atom. The third-order valence-electron chi connectivity index (χ3n) is 1.91. The second-order valence-electron chi connectivity index (χ2n) is 2.98. The lowest BCUT2D eigenvalue weighted by Crippen LogP contribution is -1.95. The van der Waals surface area contributed by atoms with Crippen LogP contribution in [-0.2, 0) is 11.3 Å². The predicted octanol–water partition coefficient (Wildman–Crippen LogP) is 2.65. The molecule has 1 heteroatoms. The Kier molecular flexibility index (Phi) is 3.30. The molecule has 1 radical (unpaired) electrons. The molecule has 0 aliphatic rings. The summed E-state index contributed by atoms with van der Waals surface area (Å²) >= 11 is 0. The number of hydrogen-bond donors (Lipinski definition) is 0. The largest absolute Gasteiger partial charge is 0.377 e. The molecule has 0 heterocycles. The fraction of sp³-hybridized carbons (Fsp3) is 0.364. The summed E-state index contributed by atoms with van der Waals surface area (Å²) in [5.74, 6) is 0. The lowest BCUT2D eigenvalue weighted by atomic mass is 10.1. The average Bonchev–Trinajstić information content (AvgIpc) is 2.07. The number of aryl methyl sites for hydroxylation is 2. The predicted molar refractivity (Wildman–Crippen MR) is 50.9 cm³/mol. The van der Waals surface area contributed by atoms with Gasteiger partial charge in [0.2, 0.25) is 0 Å². The van der Waals surface area contributed by atoms with Crippen molar-refractivity contribution >= 4 is 0 Å². The molecule has 1 aromatic carbocycles. The molecule has 0 aliphatic carbocycles. The summed E-state index contributed by atoms with van der Waals surface area (Å²) in [5, 5.41) is 0. The van der Waals surface area contributed by atoms with Crippen LogP contribution >= 0.6 is 0 Å². The molecule has 0 bridgehead atoms. The summed E-state index contributed by atoms with van der Waals surface area (Å²) in [6.07, 6.45) is 0. The maximum absolute atomic E-state index is 5.24. The van der Waals surface area contributed by atoms with Crippen LogP contribution < -0.4 is 0 Å². The SMILES string of the molecule is [CH2]COCc1cc(C)ccc1C. The van der Waals surface area contributed by atoms with E-state index >= 15 is 0 Å². The molecular weight excluding hydrogens is 148 g/mol. The van der Waals surface area contributed by atoms with Gasteiger partial charge in [0.15, 0.2) is 0 Å². The van der Waals surface area contributed by atoms with Crippen molar-refractivity contribution in [1.29, 1.82) is 0 Å². The Balaban J connectivity index is 2.75. The smallest absolute Gasteiger partial charge is 0.0719 e. The van der Waals surface area contributed by atoms with E-state index in [0.29, 0.717) is 13.2 Å². The van der Waals surface area contributed by atoms with Gasteiger partial charge in [-0.05, 0) is 31.9 Å². The summed E-state index contributed by atoms with van der Waals surface area (Å²) in [5.41, 5.74) is 3.83. The first kappa shape index (κ1) is 9.27. The average molecular weight is 163 g/mol. The Morgan fingerprint density at radius 1 is 1.33 bits per heavy atom. The molecule has 0 amide bonds. The van der Waals surface area contributed by atoms with Crippen LogP contribution in [0.15, 0.2) is 18.2 Å². The van der Waals surface area contributed by atoms with Crippen molar-refractivity contribution in [3.8, 4) is 0 Å². The number of benzene rings is 1. The summed E-state index contributed by atoms with van der Waals surface area (Å²) in [6.45, 7) is 9.03. The van der Waals surface area contributed by atoms with Crippen LogP contribution in [0.4, 0.5) is 0 Å². The van der Waals surface area contributed by atoms with E-state index in [2.05, 4.69) is 39.0 Å². The minimum atomic E-state index is 0.535. The van der Waals surface area contributed by atoms with E-state index in [0.717, 1.165) is 0 Å². The molecule has 0 aliphatic heterocycles. The zero-order valence-corrected chi connectivity index (χ0v) is 7.76. The van der Waals surface area contributed by atoms with E-state index in [1.165, 1.54) is 16.7 Å². The highest BCUT2D eigenvalue weighted by Gasteiger charge is 1.97. The van der Waals surface area contributed by atoms with E-state index < -0.39 is 0 Å². The number of rotatable bonds is 3. The lowest BCUT2D eigenvalue weighted by Gasteiger charge is -2.06. The molecule has 12 heavy (non-hydrogen) atoms. The maximum atomic E-state index is 5.24. The molecule has 65 valence electrons. The molecule has 1 aromatic rings. The first-order chi connectivity index (χ1) is 5.74. The molecule has 0 fully saturated rings. The monoisotopic (exact) mass is 163 g/mol. The summed E-state index contributed by atoms with van der Waals surface area (Å²) < 4.78 is 5.24. The van der Waals surface area contributed by atoms with Crippen LogP contribution in [0.2, 0.25) is 0 Å². The molecule has 0 unspecified atom stereocenters. The molecule has 0 saturated heterocycles. The van der Waals surface area contributed by atoms with Crippen LogP contribution in [0.25, 0.3) is 0 Å². The highest BCUT2D eigenvalue weighted by molar-refractivity contribution is 5.29. The zero-order chi connectivity index (χ0) is 8.97. The fourth-order valence-electron chi connectivity index (χ4n) is 1.14. The van der Waals surface area contributed by atoms with Gasteiger partial charge >= 0.3 is 0 Å². The van der Waals surface area contributed by atoms with Gasteiger partial charge in [-0.15, -0.1) is 0 Å². The van der Waals surface area contributed by atoms with Crippen molar-refractivity contribution in [1.82, 2.24) is 0 Å². The zero-order valence-electron chi connectivity index (χ0n) is 7.76. The molecule has 1 nitrogen and oxygen atoms in total. The minimum absolute atomic E-state index is 0.535. The second-order valence-corrected chi connectivity index (χ2v) is 2.98. The van der Waals surface area contributed by atoms with Crippen molar-refractivity contribution in [3.63, 3.8) is 0 Å².